The summed E-state index contributed by atoms with van der Waals surface area (Å²) in [5.74, 6) is 1.69. The van der Waals surface area contributed by atoms with E-state index in [4.69, 9.17) is 4.74 Å². The van der Waals surface area contributed by atoms with E-state index in [0.29, 0.717) is 6.10 Å². The van der Waals surface area contributed by atoms with Gasteiger partial charge in [0, 0.05) is 5.92 Å². The van der Waals surface area contributed by atoms with Gasteiger partial charge in [-0.05, 0) is 12.8 Å². The zero-order chi connectivity index (χ0) is 5.40. The van der Waals surface area contributed by atoms with Crippen LogP contribution in [0.5, 0.6) is 0 Å². The fraction of sp³-hybridized carbons (Fsp3) is 0.857. The van der Waals surface area contributed by atoms with E-state index < -0.39 is 0 Å². The summed E-state index contributed by atoms with van der Waals surface area (Å²) in [6.07, 6.45) is 6.14. The van der Waals surface area contributed by atoms with Crippen molar-refractivity contribution in [1.82, 2.24) is 0 Å². The molecule has 1 heteroatoms. The molecule has 2 rings (SSSR count). The third-order valence-electron chi connectivity index (χ3n) is 2.03. The van der Waals surface area contributed by atoms with Crippen LogP contribution in [0.15, 0.2) is 0 Å². The minimum Gasteiger partial charge on any atom is -0.373 e. The van der Waals surface area contributed by atoms with Crippen molar-refractivity contribution >= 4 is 0 Å². The molecule has 0 N–H and O–H groups in total. The SMILES string of the molecule is C1CC[C](C2CO2)C1. The van der Waals surface area contributed by atoms with Crippen LogP contribution in [0.4, 0.5) is 0 Å². The van der Waals surface area contributed by atoms with Gasteiger partial charge in [-0.15, -0.1) is 0 Å². The summed E-state index contributed by atoms with van der Waals surface area (Å²) in [6, 6.07) is 0. The Balaban J connectivity index is 1.86. The van der Waals surface area contributed by atoms with Crippen molar-refractivity contribution < 1.29 is 4.74 Å². The predicted octanol–water partition coefficient (Wildman–Crippen LogP) is 1.53. The molecule has 0 aromatic heterocycles. The molecular formula is C7H11O. The van der Waals surface area contributed by atoms with Gasteiger partial charge in [-0.25, -0.2) is 0 Å². The second-order valence-electron chi connectivity index (χ2n) is 2.69. The third kappa shape index (κ3) is 0.752. The minimum absolute atomic E-state index is 0.609. The number of hydrogen-bond donors (Lipinski definition) is 0. The van der Waals surface area contributed by atoms with E-state index in [2.05, 4.69) is 0 Å². The lowest BCUT2D eigenvalue weighted by Crippen LogP contribution is -1.97. The van der Waals surface area contributed by atoms with Crippen LogP contribution in [0, 0.1) is 5.92 Å². The normalized spacial score (nSPS) is 38.2. The molecule has 2 fully saturated rings. The van der Waals surface area contributed by atoms with Gasteiger partial charge < -0.3 is 4.74 Å². The largest absolute Gasteiger partial charge is 0.373 e. The van der Waals surface area contributed by atoms with Crippen LogP contribution < -0.4 is 0 Å². The fourth-order valence-corrected chi connectivity index (χ4v) is 1.43. The summed E-state index contributed by atoms with van der Waals surface area (Å²) < 4.78 is 5.16. The van der Waals surface area contributed by atoms with E-state index in [1.807, 2.05) is 0 Å². The second kappa shape index (κ2) is 1.73. The van der Waals surface area contributed by atoms with Gasteiger partial charge in [0.05, 0.1) is 12.7 Å². The van der Waals surface area contributed by atoms with Crippen LogP contribution in [0.25, 0.3) is 0 Å². The van der Waals surface area contributed by atoms with E-state index in [0.717, 1.165) is 6.61 Å². The average Bonchev–Trinajstić information content (AvgIpc) is 2.49. The smallest absolute Gasteiger partial charge is 0.0872 e. The Kier molecular flexibility index (Phi) is 1.04. The van der Waals surface area contributed by atoms with Crippen molar-refractivity contribution in [2.45, 2.75) is 31.8 Å². The lowest BCUT2D eigenvalue weighted by molar-refractivity contribution is 0.408. The first-order valence-corrected chi connectivity index (χ1v) is 3.43. The molecule has 1 aliphatic carbocycles. The molecule has 0 bridgehead atoms. The lowest BCUT2D eigenvalue weighted by atomic mass is 10.1. The van der Waals surface area contributed by atoms with Crippen LogP contribution in [-0.4, -0.2) is 12.7 Å². The molecule has 0 spiro atoms. The Hall–Kier alpha value is -0.0400. The summed E-state index contributed by atoms with van der Waals surface area (Å²) in [6.45, 7) is 1.02. The van der Waals surface area contributed by atoms with Crippen molar-refractivity contribution in [3.63, 3.8) is 0 Å². The first-order chi connectivity index (χ1) is 3.97. The molecule has 0 amide bonds. The van der Waals surface area contributed by atoms with Gasteiger partial charge >= 0.3 is 0 Å². The van der Waals surface area contributed by atoms with Crippen LogP contribution >= 0.6 is 0 Å². The minimum atomic E-state index is 0.609. The van der Waals surface area contributed by atoms with E-state index in [-0.39, 0.29) is 0 Å². The van der Waals surface area contributed by atoms with Crippen LogP contribution in [0.3, 0.4) is 0 Å². The number of ether oxygens (including phenoxy) is 1. The Morgan fingerprint density at radius 3 is 2.38 bits per heavy atom. The molecule has 1 unspecified atom stereocenters. The van der Waals surface area contributed by atoms with E-state index in [1.165, 1.54) is 25.7 Å². The molecule has 45 valence electrons. The number of rotatable bonds is 1. The molecule has 1 aliphatic heterocycles. The fourth-order valence-electron chi connectivity index (χ4n) is 1.43. The van der Waals surface area contributed by atoms with E-state index in [9.17, 15) is 0 Å². The van der Waals surface area contributed by atoms with Crippen LogP contribution in [0.2, 0.25) is 0 Å². The maximum Gasteiger partial charge on any atom is 0.0872 e. The van der Waals surface area contributed by atoms with Crippen molar-refractivity contribution in [2.24, 2.45) is 0 Å². The van der Waals surface area contributed by atoms with Gasteiger partial charge in [-0.1, -0.05) is 12.8 Å². The number of epoxide rings is 1. The van der Waals surface area contributed by atoms with Gasteiger partial charge in [0.2, 0.25) is 0 Å². The van der Waals surface area contributed by atoms with Crippen LogP contribution in [-0.2, 0) is 4.74 Å². The highest BCUT2D eigenvalue weighted by molar-refractivity contribution is 5.06. The zero-order valence-electron chi connectivity index (χ0n) is 5.02. The summed E-state index contributed by atoms with van der Waals surface area (Å²) >= 11 is 0. The van der Waals surface area contributed by atoms with Gasteiger partial charge in [-0.3, -0.25) is 0 Å². The molecular weight excluding hydrogens is 100 g/mol. The third-order valence-corrected chi connectivity index (χ3v) is 2.03. The molecule has 1 nitrogen and oxygen atoms in total. The summed E-state index contributed by atoms with van der Waals surface area (Å²) in [5, 5.41) is 0. The van der Waals surface area contributed by atoms with Gasteiger partial charge in [0.15, 0.2) is 0 Å². The predicted molar refractivity (Wildman–Crippen MR) is 31.5 cm³/mol. The average molecular weight is 111 g/mol. The summed E-state index contributed by atoms with van der Waals surface area (Å²) in [5.41, 5.74) is 0. The highest BCUT2D eigenvalue weighted by Gasteiger charge is 2.34. The maximum absolute atomic E-state index is 5.16. The van der Waals surface area contributed by atoms with Crippen molar-refractivity contribution in [3.8, 4) is 0 Å². The van der Waals surface area contributed by atoms with E-state index >= 15 is 0 Å². The maximum atomic E-state index is 5.16. The van der Waals surface area contributed by atoms with Crippen molar-refractivity contribution in [2.75, 3.05) is 6.61 Å². The van der Waals surface area contributed by atoms with E-state index in [1.54, 1.807) is 5.92 Å². The highest BCUT2D eigenvalue weighted by atomic mass is 16.6. The molecule has 0 aromatic rings. The van der Waals surface area contributed by atoms with Crippen molar-refractivity contribution in [3.05, 3.63) is 5.92 Å². The molecule has 1 heterocycles. The summed E-state index contributed by atoms with van der Waals surface area (Å²) in [4.78, 5) is 0. The highest BCUT2D eigenvalue weighted by Crippen LogP contribution is 2.36. The Bertz CT molecular complexity index is 80.4. The van der Waals surface area contributed by atoms with Crippen molar-refractivity contribution in [1.29, 1.82) is 0 Å². The molecule has 2 aliphatic rings. The molecule has 0 aromatic carbocycles. The molecule has 8 heavy (non-hydrogen) atoms. The van der Waals surface area contributed by atoms with Crippen LogP contribution in [0.1, 0.15) is 25.7 Å². The number of hydrogen-bond acceptors (Lipinski definition) is 1. The second-order valence-corrected chi connectivity index (χ2v) is 2.69. The quantitative estimate of drug-likeness (QED) is 0.467. The first-order valence-electron chi connectivity index (χ1n) is 3.43. The van der Waals surface area contributed by atoms with Gasteiger partial charge in [0.25, 0.3) is 0 Å². The first kappa shape index (κ1) is 4.80. The summed E-state index contributed by atoms with van der Waals surface area (Å²) in [7, 11) is 0. The zero-order valence-corrected chi connectivity index (χ0v) is 5.02. The standard InChI is InChI=1S/C7H11O/c1-2-4-6(3-1)7-5-8-7/h7H,1-5H2. The van der Waals surface area contributed by atoms with Gasteiger partial charge in [0.1, 0.15) is 0 Å². The topological polar surface area (TPSA) is 12.5 Å². The molecule has 1 radical (unpaired) electrons. The Morgan fingerprint density at radius 1 is 1.25 bits per heavy atom. The monoisotopic (exact) mass is 111 g/mol. The molecule has 1 atom stereocenters. The lowest BCUT2D eigenvalue weighted by Gasteiger charge is -1.98. The molecule has 1 saturated heterocycles. The Morgan fingerprint density at radius 2 is 1.88 bits per heavy atom. The van der Waals surface area contributed by atoms with Gasteiger partial charge in [-0.2, -0.15) is 0 Å². The molecule has 1 saturated carbocycles. The Labute approximate surface area is 50.0 Å².